The van der Waals surface area contributed by atoms with Gasteiger partial charge in [0.15, 0.2) is 0 Å². The summed E-state index contributed by atoms with van der Waals surface area (Å²) < 4.78 is 25.6. The second-order valence-electron chi connectivity index (χ2n) is 7.26. The molecule has 3 rings (SSSR count). The van der Waals surface area contributed by atoms with Crippen LogP contribution < -0.4 is 4.31 Å². The van der Waals surface area contributed by atoms with E-state index in [1.807, 2.05) is 18.2 Å². The Labute approximate surface area is 172 Å². The van der Waals surface area contributed by atoms with Crippen LogP contribution in [-0.4, -0.2) is 45.1 Å². The number of halogens is 1. The Hall–Kier alpha value is -2.05. The fourth-order valence-electron chi connectivity index (χ4n) is 3.56. The number of amides is 1. The van der Waals surface area contributed by atoms with Gasteiger partial charge in [0.05, 0.1) is 11.9 Å². The Morgan fingerprint density at radius 3 is 2.25 bits per heavy atom. The largest absolute Gasteiger partial charge is 0.341 e. The van der Waals surface area contributed by atoms with Gasteiger partial charge in [-0.15, -0.1) is 0 Å². The molecule has 1 saturated heterocycles. The lowest BCUT2D eigenvalue weighted by molar-refractivity contribution is -0.130. The maximum atomic E-state index is 12.8. The summed E-state index contributed by atoms with van der Waals surface area (Å²) in [6.07, 6.45) is 3.99. The minimum absolute atomic E-state index is 0.168. The Bertz CT molecular complexity index is 893. The molecule has 1 heterocycles. The molecule has 0 spiro atoms. The molecule has 2 aromatic rings. The van der Waals surface area contributed by atoms with Crippen LogP contribution in [0.25, 0.3) is 0 Å². The highest BCUT2D eigenvalue weighted by Gasteiger charge is 2.27. The van der Waals surface area contributed by atoms with Crippen LogP contribution in [0.3, 0.4) is 0 Å². The monoisotopic (exact) mass is 420 g/mol. The van der Waals surface area contributed by atoms with Crippen molar-refractivity contribution < 1.29 is 13.2 Å². The summed E-state index contributed by atoms with van der Waals surface area (Å²) >= 11 is 5.89. The minimum Gasteiger partial charge on any atom is -0.341 e. The van der Waals surface area contributed by atoms with E-state index in [0.717, 1.165) is 29.8 Å². The van der Waals surface area contributed by atoms with Crippen LogP contribution in [-0.2, 0) is 21.2 Å². The van der Waals surface area contributed by atoms with Crippen molar-refractivity contribution >= 4 is 33.2 Å². The first-order valence-corrected chi connectivity index (χ1v) is 11.6. The van der Waals surface area contributed by atoms with Gasteiger partial charge in [-0.1, -0.05) is 41.9 Å². The number of likely N-dealkylation sites (tertiary alicyclic amines) is 1. The van der Waals surface area contributed by atoms with Gasteiger partial charge in [-0.05, 0) is 55.0 Å². The molecule has 5 nitrogen and oxygen atoms in total. The maximum absolute atomic E-state index is 12.8. The average molecular weight is 421 g/mol. The number of benzene rings is 2. The smallest absolute Gasteiger partial charge is 0.243 e. The van der Waals surface area contributed by atoms with E-state index in [4.69, 9.17) is 11.6 Å². The van der Waals surface area contributed by atoms with E-state index < -0.39 is 10.0 Å². The molecule has 0 aromatic heterocycles. The number of sulfonamides is 1. The molecule has 28 heavy (non-hydrogen) atoms. The quantitative estimate of drug-likeness (QED) is 0.717. The van der Waals surface area contributed by atoms with Crippen molar-refractivity contribution in [2.24, 2.45) is 5.92 Å². The van der Waals surface area contributed by atoms with Crippen molar-refractivity contribution in [2.75, 3.05) is 30.2 Å². The maximum Gasteiger partial charge on any atom is 0.243 e. The van der Waals surface area contributed by atoms with Crippen molar-refractivity contribution in [1.29, 1.82) is 0 Å². The number of nitrogens with zero attached hydrogens (tertiary/aromatic N) is 2. The summed E-state index contributed by atoms with van der Waals surface area (Å²) in [7, 11) is -3.57. The van der Waals surface area contributed by atoms with Crippen molar-refractivity contribution in [2.45, 2.75) is 19.3 Å². The van der Waals surface area contributed by atoms with Crippen LogP contribution in [0.15, 0.2) is 54.6 Å². The van der Waals surface area contributed by atoms with Crippen LogP contribution in [0.5, 0.6) is 0 Å². The Morgan fingerprint density at radius 2 is 1.68 bits per heavy atom. The molecule has 0 saturated carbocycles. The Kier molecular flexibility index (Phi) is 6.62. The standard InChI is InChI=1S/C21H25ClN2O3S/c1-28(26,27)24(20-9-7-19(22)8-10-20)16-21(25)23-13-11-18(12-14-23)15-17-5-3-2-4-6-17/h2-10,18H,11-16H2,1H3. The molecule has 150 valence electrons. The number of hydrogen-bond donors (Lipinski definition) is 0. The summed E-state index contributed by atoms with van der Waals surface area (Å²) in [5.41, 5.74) is 1.76. The minimum atomic E-state index is -3.57. The topological polar surface area (TPSA) is 57.7 Å². The predicted molar refractivity (Wildman–Crippen MR) is 113 cm³/mol. The number of carbonyl (C=O) groups excluding carboxylic acids is 1. The molecule has 0 N–H and O–H groups in total. The SMILES string of the molecule is CS(=O)(=O)N(CC(=O)N1CCC(Cc2ccccc2)CC1)c1ccc(Cl)cc1. The van der Waals surface area contributed by atoms with Gasteiger partial charge < -0.3 is 4.90 Å². The first-order chi connectivity index (χ1) is 13.3. The van der Waals surface area contributed by atoms with E-state index in [1.165, 1.54) is 5.56 Å². The van der Waals surface area contributed by atoms with Crippen LogP contribution in [0.1, 0.15) is 18.4 Å². The van der Waals surface area contributed by atoms with Gasteiger partial charge in [0.2, 0.25) is 15.9 Å². The van der Waals surface area contributed by atoms with Gasteiger partial charge in [0.25, 0.3) is 0 Å². The lowest BCUT2D eigenvalue weighted by atomic mass is 9.90. The first-order valence-electron chi connectivity index (χ1n) is 9.38. The number of carbonyl (C=O) groups is 1. The molecular weight excluding hydrogens is 396 g/mol. The molecule has 1 amide bonds. The number of piperidine rings is 1. The normalized spacial score (nSPS) is 15.4. The molecule has 0 bridgehead atoms. The molecule has 1 aliphatic heterocycles. The molecule has 1 aliphatic rings. The summed E-state index contributed by atoms with van der Waals surface area (Å²) in [4.78, 5) is 14.5. The predicted octanol–water partition coefficient (Wildman–Crippen LogP) is 3.59. The van der Waals surface area contributed by atoms with Crippen molar-refractivity contribution in [3.8, 4) is 0 Å². The second-order valence-corrected chi connectivity index (χ2v) is 9.60. The lowest BCUT2D eigenvalue weighted by Gasteiger charge is -2.33. The summed E-state index contributed by atoms with van der Waals surface area (Å²) in [6, 6.07) is 16.8. The Morgan fingerprint density at radius 1 is 1.07 bits per heavy atom. The number of hydrogen-bond acceptors (Lipinski definition) is 3. The highest BCUT2D eigenvalue weighted by molar-refractivity contribution is 7.92. The molecule has 7 heteroatoms. The molecule has 0 atom stereocenters. The van der Waals surface area contributed by atoms with Crippen LogP contribution >= 0.6 is 11.6 Å². The third-order valence-corrected chi connectivity index (χ3v) is 6.52. The van der Waals surface area contributed by atoms with Crippen LogP contribution in [0.2, 0.25) is 5.02 Å². The van der Waals surface area contributed by atoms with E-state index >= 15 is 0 Å². The van der Waals surface area contributed by atoms with E-state index in [9.17, 15) is 13.2 Å². The van der Waals surface area contributed by atoms with Crippen molar-refractivity contribution in [3.05, 3.63) is 65.2 Å². The summed E-state index contributed by atoms with van der Waals surface area (Å²) in [5, 5.41) is 0.518. The van der Waals surface area contributed by atoms with E-state index in [1.54, 1.807) is 29.2 Å². The number of rotatable bonds is 6. The average Bonchev–Trinajstić information content (AvgIpc) is 2.67. The van der Waals surface area contributed by atoms with E-state index in [0.29, 0.717) is 29.7 Å². The number of anilines is 1. The van der Waals surface area contributed by atoms with Gasteiger partial charge in [-0.25, -0.2) is 8.42 Å². The van der Waals surface area contributed by atoms with Crippen molar-refractivity contribution in [3.63, 3.8) is 0 Å². The zero-order valence-electron chi connectivity index (χ0n) is 15.9. The van der Waals surface area contributed by atoms with Crippen LogP contribution in [0, 0.1) is 5.92 Å². The first kappa shape index (κ1) is 20.7. The van der Waals surface area contributed by atoms with Gasteiger partial charge in [-0.2, -0.15) is 0 Å². The highest BCUT2D eigenvalue weighted by Crippen LogP contribution is 2.24. The zero-order chi connectivity index (χ0) is 20.1. The lowest BCUT2D eigenvalue weighted by Crippen LogP contribution is -2.45. The van der Waals surface area contributed by atoms with Gasteiger partial charge in [0, 0.05) is 18.1 Å². The molecule has 0 radical (unpaired) electrons. The fourth-order valence-corrected chi connectivity index (χ4v) is 4.54. The molecule has 1 fully saturated rings. The third kappa shape index (κ3) is 5.49. The second kappa shape index (κ2) is 8.97. The van der Waals surface area contributed by atoms with Crippen molar-refractivity contribution in [1.82, 2.24) is 4.90 Å². The highest BCUT2D eigenvalue weighted by atomic mass is 35.5. The third-order valence-electron chi connectivity index (χ3n) is 5.13. The fraction of sp³-hybridized carbons (Fsp3) is 0.381. The molecule has 0 unspecified atom stereocenters. The summed E-state index contributed by atoms with van der Waals surface area (Å²) in [5.74, 6) is 0.382. The van der Waals surface area contributed by atoms with E-state index in [-0.39, 0.29) is 12.5 Å². The Balaban J connectivity index is 1.60. The van der Waals surface area contributed by atoms with Gasteiger partial charge >= 0.3 is 0 Å². The molecule has 0 aliphatic carbocycles. The molecular formula is C21H25ClN2O3S. The van der Waals surface area contributed by atoms with Gasteiger partial charge in [0.1, 0.15) is 6.54 Å². The van der Waals surface area contributed by atoms with Gasteiger partial charge in [-0.3, -0.25) is 9.10 Å². The van der Waals surface area contributed by atoms with E-state index in [2.05, 4.69) is 12.1 Å². The zero-order valence-corrected chi connectivity index (χ0v) is 17.5. The summed E-state index contributed by atoms with van der Waals surface area (Å²) in [6.45, 7) is 1.13. The molecule has 2 aromatic carbocycles. The van der Waals surface area contributed by atoms with Crippen LogP contribution in [0.4, 0.5) is 5.69 Å².